The van der Waals surface area contributed by atoms with Crippen LogP contribution in [0.15, 0.2) is 54.6 Å². The van der Waals surface area contributed by atoms with Gasteiger partial charge in [0.25, 0.3) is 0 Å². The maximum atomic E-state index is 12.3. The van der Waals surface area contributed by atoms with Gasteiger partial charge in [0, 0.05) is 13.1 Å². The lowest BCUT2D eigenvalue weighted by Crippen LogP contribution is -2.40. The molecule has 6 nitrogen and oxygen atoms in total. The molecule has 27 heavy (non-hydrogen) atoms. The van der Waals surface area contributed by atoms with Gasteiger partial charge >= 0.3 is 5.97 Å². The van der Waals surface area contributed by atoms with Crippen molar-refractivity contribution in [1.29, 1.82) is 0 Å². The van der Waals surface area contributed by atoms with Crippen molar-refractivity contribution < 1.29 is 22.7 Å². The number of benzene rings is 2. The molecule has 1 aliphatic rings. The summed E-state index contributed by atoms with van der Waals surface area (Å²) in [7, 11) is -3.20. The van der Waals surface area contributed by atoms with Crippen LogP contribution in [0.1, 0.15) is 18.4 Å². The highest BCUT2D eigenvalue weighted by atomic mass is 32.2. The number of rotatable bonds is 6. The summed E-state index contributed by atoms with van der Waals surface area (Å²) < 4.78 is 35.6. The van der Waals surface area contributed by atoms with Crippen LogP contribution in [0.3, 0.4) is 0 Å². The molecule has 0 saturated carbocycles. The summed E-state index contributed by atoms with van der Waals surface area (Å²) in [6.07, 6.45) is 2.14. The molecule has 0 amide bonds. The lowest BCUT2D eigenvalue weighted by Gasteiger charge is -2.28. The van der Waals surface area contributed by atoms with Crippen LogP contribution < -0.4 is 9.47 Å². The van der Waals surface area contributed by atoms with E-state index >= 15 is 0 Å². The Kier molecular flexibility index (Phi) is 6.13. The van der Waals surface area contributed by atoms with Gasteiger partial charge in [-0.15, -0.1) is 0 Å². The minimum atomic E-state index is -3.20. The highest BCUT2D eigenvalue weighted by Crippen LogP contribution is 2.23. The molecule has 0 bridgehead atoms. The Balaban J connectivity index is 1.49. The number of carbonyl (C=O) groups excluding carboxylic acids is 1. The smallest absolute Gasteiger partial charge is 0.314 e. The molecule has 1 heterocycles. The first-order chi connectivity index (χ1) is 12.9. The summed E-state index contributed by atoms with van der Waals surface area (Å²) in [5.41, 5.74) is 1.08. The molecule has 0 aliphatic carbocycles. The number of sulfonamides is 1. The molecule has 0 spiro atoms. The van der Waals surface area contributed by atoms with Crippen molar-refractivity contribution in [2.45, 2.75) is 19.4 Å². The van der Waals surface area contributed by atoms with Gasteiger partial charge in [0.05, 0.1) is 12.2 Å². The van der Waals surface area contributed by atoms with Gasteiger partial charge in [-0.25, -0.2) is 12.7 Å². The summed E-state index contributed by atoms with van der Waals surface area (Å²) in [5.74, 6) is 0.552. The number of nitrogens with zero attached hydrogens (tertiary/aromatic N) is 1. The van der Waals surface area contributed by atoms with Gasteiger partial charge in [0.2, 0.25) is 10.0 Å². The third-order valence-electron chi connectivity index (χ3n) is 4.55. The Bertz CT molecular complexity index is 857. The summed E-state index contributed by atoms with van der Waals surface area (Å²) in [6.45, 7) is 1.18. The lowest BCUT2D eigenvalue weighted by molar-refractivity contribution is -0.140. The van der Waals surface area contributed by atoms with Crippen molar-refractivity contribution in [3.05, 3.63) is 60.2 Å². The third kappa shape index (κ3) is 5.55. The van der Waals surface area contributed by atoms with Crippen molar-refractivity contribution >= 4 is 16.0 Å². The van der Waals surface area contributed by atoms with Crippen molar-refractivity contribution in [2.75, 3.05) is 19.3 Å². The second-order valence-corrected chi connectivity index (χ2v) is 8.59. The normalized spacial score (nSPS) is 16.0. The first-order valence-electron chi connectivity index (χ1n) is 8.85. The Hall–Kier alpha value is -2.38. The fourth-order valence-corrected chi connectivity index (χ4v) is 3.84. The number of carbonyl (C=O) groups is 1. The summed E-state index contributed by atoms with van der Waals surface area (Å²) >= 11 is 0. The zero-order valence-corrected chi connectivity index (χ0v) is 16.0. The molecule has 1 fully saturated rings. The number of piperidine rings is 1. The quantitative estimate of drug-likeness (QED) is 0.561. The second kappa shape index (κ2) is 8.54. The van der Waals surface area contributed by atoms with Crippen molar-refractivity contribution in [3.63, 3.8) is 0 Å². The number of ether oxygens (including phenoxy) is 2. The molecular weight excluding hydrogens is 366 g/mol. The molecule has 0 radical (unpaired) electrons. The average Bonchev–Trinajstić information content (AvgIpc) is 2.68. The van der Waals surface area contributed by atoms with Crippen LogP contribution in [0.4, 0.5) is 0 Å². The van der Waals surface area contributed by atoms with Gasteiger partial charge in [-0.1, -0.05) is 30.3 Å². The molecule has 2 aromatic rings. The molecular formula is C20H23NO5S. The molecule has 0 N–H and O–H groups in total. The van der Waals surface area contributed by atoms with Crippen LogP contribution >= 0.6 is 0 Å². The van der Waals surface area contributed by atoms with Crippen molar-refractivity contribution in [2.24, 2.45) is 5.92 Å². The first kappa shape index (κ1) is 19.4. The van der Waals surface area contributed by atoms with E-state index < -0.39 is 10.0 Å². The molecule has 1 saturated heterocycles. The Morgan fingerprint density at radius 2 is 1.59 bits per heavy atom. The topological polar surface area (TPSA) is 72.9 Å². The summed E-state index contributed by atoms with van der Waals surface area (Å²) in [6, 6.07) is 16.8. The van der Waals surface area contributed by atoms with Crippen molar-refractivity contribution in [1.82, 2.24) is 4.31 Å². The zero-order valence-electron chi connectivity index (χ0n) is 15.2. The molecule has 3 rings (SSSR count). The fraction of sp³-hybridized carbons (Fsp3) is 0.350. The van der Waals surface area contributed by atoms with E-state index in [1.165, 1.54) is 10.6 Å². The number of esters is 1. The van der Waals surface area contributed by atoms with Gasteiger partial charge in [0.1, 0.15) is 18.1 Å². The van der Waals surface area contributed by atoms with Gasteiger partial charge in [-0.3, -0.25) is 4.79 Å². The fourth-order valence-electron chi connectivity index (χ4n) is 2.97. The highest BCUT2D eigenvalue weighted by molar-refractivity contribution is 7.88. The molecule has 0 aromatic heterocycles. The van der Waals surface area contributed by atoms with Crippen LogP contribution in [0.2, 0.25) is 0 Å². The highest BCUT2D eigenvalue weighted by Gasteiger charge is 2.30. The lowest BCUT2D eigenvalue weighted by atomic mass is 9.98. The van der Waals surface area contributed by atoms with Gasteiger partial charge in [0.15, 0.2) is 0 Å². The second-order valence-electron chi connectivity index (χ2n) is 6.60. The van der Waals surface area contributed by atoms with E-state index in [0.29, 0.717) is 44.0 Å². The van der Waals surface area contributed by atoms with E-state index in [1.807, 2.05) is 30.3 Å². The minimum Gasteiger partial charge on any atom is -0.489 e. The van der Waals surface area contributed by atoms with Crippen LogP contribution in [-0.4, -0.2) is 38.0 Å². The van der Waals surface area contributed by atoms with Crippen LogP contribution in [0.5, 0.6) is 11.5 Å². The molecule has 2 aromatic carbocycles. The first-order valence-corrected chi connectivity index (χ1v) is 10.7. The van der Waals surface area contributed by atoms with Crippen molar-refractivity contribution in [3.8, 4) is 11.5 Å². The predicted molar refractivity (Wildman–Crippen MR) is 102 cm³/mol. The van der Waals surface area contributed by atoms with E-state index in [1.54, 1.807) is 24.3 Å². The maximum absolute atomic E-state index is 12.3. The monoisotopic (exact) mass is 389 g/mol. The zero-order chi connectivity index (χ0) is 19.3. The molecule has 0 unspecified atom stereocenters. The number of hydrogen-bond acceptors (Lipinski definition) is 5. The van der Waals surface area contributed by atoms with Crippen LogP contribution in [-0.2, 0) is 21.4 Å². The molecule has 7 heteroatoms. The predicted octanol–water partition coefficient (Wildman–Crippen LogP) is 2.84. The van der Waals surface area contributed by atoms with E-state index in [2.05, 4.69) is 0 Å². The van der Waals surface area contributed by atoms with E-state index in [-0.39, 0.29) is 11.9 Å². The largest absolute Gasteiger partial charge is 0.489 e. The van der Waals surface area contributed by atoms with Gasteiger partial charge in [-0.2, -0.15) is 0 Å². The standard InChI is InChI=1S/C20H23NO5S/c1-27(23,24)21-13-11-17(12-14-21)20(22)26-19-9-7-18(8-10-19)25-15-16-5-3-2-4-6-16/h2-10,17H,11-15H2,1H3. The van der Waals surface area contributed by atoms with Crippen LogP contribution in [0.25, 0.3) is 0 Å². The van der Waals surface area contributed by atoms with E-state index in [0.717, 1.165) is 5.56 Å². The van der Waals surface area contributed by atoms with E-state index in [4.69, 9.17) is 9.47 Å². The summed E-state index contributed by atoms with van der Waals surface area (Å²) in [5, 5.41) is 0. The molecule has 0 atom stereocenters. The summed E-state index contributed by atoms with van der Waals surface area (Å²) in [4.78, 5) is 12.3. The maximum Gasteiger partial charge on any atom is 0.314 e. The Morgan fingerprint density at radius 1 is 1.00 bits per heavy atom. The van der Waals surface area contributed by atoms with Gasteiger partial charge in [-0.05, 0) is 42.7 Å². The molecule has 1 aliphatic heterocycles. The SMILES string of the molecule is CS(=O)(=O)N1CCC(C(=O)Oc2ccc(OCc3ccccc3)cc2)CC1. The minimum absolute atomic E-state index is 0.281. The van der Waals surface area contributed by atoms with E-state index in [9.17, 15) is 13.2 Å². The number of hydrogen-bond donors (Lipinski definition) is 0. The Labute approximate surface area is 159 Å². The van der Waals surface area contributed by atoms with Gasteiger partial charge < -0.3 is 9.47 Å². The average molecular weight is 389 g/mol. The van der Waals surface area contributed by atoms with Crippen LogP contribution in [0, 0.1) is 5.92 Å². The molecule has 144 valence electrons. The Morgan fingerprint density at radius 3 is 2.19 bits per heavy atom. The third-order valence-corrected chi connectivity index (χ3v) is 5.85.